The van der Waals surface area contributed by atoms with Crippen LogP contribution in [0.15, 0.2) is 12.7 Å². The maximum Gasteiger partial charge on any atom is 0.407 e. The van der Waals surface area contributed by atoms with Gasteiger partial charge in [-0.25, -0.2) is 9.59 Å². The minimum atomic E-state index is -0.631. The molecule has 0 aliphatic heterocycles. The average Bonchev–Trinajstić information content (AvgIpc) is 2.68. The first-order valence-corrected chi connectivity index (χ1v) is 11.4. The van der Waals surface area contributed by atoms with Gasteiger partial charge in [0.15, 0.2) is 0 Å². The van der Waals surface area contributed by atoms with Gasteiger partial charge in [0, 0.05) is 0 Å². The van der Waals surface area contributed by atoms with E-state index in [-0.39, 0.29) is 12.6 Å². The molecule has 0 aliphatic carbocycles. The lowest BCUT2D eigenvalue weighted by molar-refractivity contribution is -0.146. The lowest BCUT2D eigenvalue weighted by Gasteiger charge is -2.16. The molecule has 28 heavy (non-hydrogen) atoms. The highest BCUT2D eigenvalue weighted by Gasteiger charge is 2.21. The van der Waals surface area contributed by atoms with Crippen molar-refractivity contribution >= 4 is 12.1 Å². The summed E-state index contributed by atoms with van der Waals surface area (Å²) in [5.41, 5.74) is 0. The fraction of sp³-hybridized carbons (Fsp3) is 0.826. The van der Waals surface area contributed by atoms with Crippen molar-refractivity contribution in [1.82, 2.24) is 5.32 Å². The predicted molar refractivity (Wildman–Crippen MR) is 115 cm³/mol. The number of hydrogen-bond acceptors (Lipinski definition) is 4. The molecule has 0 aromatic heterocycles. The summed E-state index contributed by atoms with van der Waals surface area (Å²) in [7, 11) is 0. The molecule has 0 bridgehead atoms. The van der Waals surface area contributed by atoms with Crippen molar-refractivity contribution in [3.8, 4) is 0 Å². The van der Waals surface area contributed by atoms with Crippen molar-refractivity contribution < 1.29 is 19.1 Å². The van der Waals surface area contributed by atoms with Crippen LogP contribution in [-0.2, 0) is 14.3 Å². The first-order chi connectivity index (χ1) is 13.7. The summed E-state index contributed by atoms with van der Waals surface area (Å²) in [6, 6.07) is -0.631. The van der Waals surface area contributed by atoms with Crippen molar-refractivity contribution in [2.45, 2.75) is 110 Å². The monoisotopic (exact) mass is 397 g/mol. The van der Waals surface area contributed by atoms with E-state index in [0.717, 1.165) is 19.3 Å². The van der Waals surface area contributed by atoms with Crippen LogP contribution in [-0.4, -0.2) is 31.3 Å². The molecule has 0 spiro atoms. The molecule has 0 saturated carbocycles. The van der Waals surface area contributed by atoms with E-state index in [1.54, 1.807) is 6.08 Å². The van der Waals surface area contributed by atoms with E-state index in [1.165, 1.54) is 57.8 Å². The fourth-order valence-electron chi connectivity index (χ4n) is 3.00. The van der Waals surface area contributed by atoms with Gasteiger partial charge in [-0.3, -0.25) is 0 Å². The van der Waals surface area contributed by atoms with Crippen LogP contribution >= 0.6 is 0 Å². The maximum atomic E-state index is 12.2. The van der Waals surface area contributed by atoms with Crippen LogP contribution in [0.2, 0.25) is 0 Å². The van der Waals surface area contributed by atoms with E-state index in [1.807, 2.05) is 6.92 Å². The molecule has 0 rings (SSSR count). The van der Waals surface area contributed by atoms with Crippen molar-refractivity contribution in [1.29, 1.82) is 0 Å². The average molecular weight is 398 g/mol. The molecule has 164 valence electrons. The largest absolute Gasteiger partial charge is 0.464 e. The molecule has 0 aromatic rings. The van der Waals surface area contributed by atoms with Gasteiger partial charge in [-0.15, -0.1) is 6.58 Å². The zero-order valence-corrected chi connectivity index (χ0v) is 18.3. The third-order valence-electron chi connectivity index (χ3n) is 4.70. The third-order valence-corrected chi connectivity index (χ3v) is 4.70. The molecule has 5 heteroatoms. The molecule has 1 atom stereocenters. The van der Waals surface area contributed by atoms with E-state index >= 15 is 0 Å². The molecule has 0 saturated heterocycles. The minimum Gasteiger partial charge on any atom is -0.464 e. The smallest absolute Gasteiger partial charge is 0.407 e. The van der Waals surface area contributed by atoms with Gasteiger partial charge >= 0.3 is 12.1 Å². The maximum absolute atomic E-state index is 12.2. The van der Waals surface area contributed by atoms with Gasteiger partial charge in [-0.05, 0) is 19.3 Å². The number of carbonyl (C=O) groups is 2. The van der Waals surface area contributed by atoms with Gasteiger partial charge in [0.25, 0.3) is 0 Å². The summed E-state index contributed by atoms with van der Waals surface area (Å²) >= 11 is 0. The van der Waals surface area contributed by atoms with Crippen molar-refractivity contribution in [2.75, 3.05) is 13.2 Å². The van der Waals surface area contributed by atoms with Crippen LogP contribution in [0, 0.1) is 0 Å². The van der Waals surface area contributed by atoms with Gasteiger partial charge in [0.2, 0.25) is 0 Å². The Labute approximate surface area is 172 Å². The highest BCUT2D eigenvalue weighted by atomic mass is 16.6. The second-order valence-corrected chi connectivity index (χ2v) is 7.40. The Morgan fingerprint density at radius 1 is 0.821 bits per heavy atom. The molecule has 0 radical (unpaired) electrons. The van der Waals surface area contributed by atoms with E-state index in [0.29, 0.717) is 19.4 Å². The van der Waals surface area contributed by atoms with Gasteiger partial charge in [-0.2, -0.15) is 0 Å². The number of rotatable bonds is 19. The Morgan fingerprint density at radius 3 is 1.93 bits per heavy atom. The lowest BCUT2D eigenvalue weighted by Crippen LogP contribution is -2.42. The Kier molecular flexibility index (Phi) is 19.1. The molecule has 0 heterocycles. The SMILES string of the molecule is C=CCCOC(=O)N[C@@H](CCC)C(=O)OCCCCCCCCCCCCC. The first-order valence-electron chi connectivity index (χ1n) is 11.4. The van der Waals surface area contributed by atoms with Crippen LogP contribution in [0.1, 0.15) is 104 Å². The van der Waals surface area contributed by atoms with E-state index < -0.39 is 12.1 Å². The topological polar surface area (TPSA) is 64.6 Å². The van der Waals surface area contributed by atoms with E-state index in [4.69, 9.17) is 9.47 Å². The predicted octanol–water partition coefficient (Wildman–Crippen LogP) is 6.31. The number of amides is 1. The molecular formula is C23H43NO4. The highest BCUT2D eigenvalue weighted by molar-refractivity contribution is 5.81. The number of unbranched alkanes of at least 4 members (excludes halogenated alkanes) is 10. The zero-order valence-electron chi connectivity index (χ0n) is 18.3. The second kappa shape index (κ2) is 20.2. The lowest BCUT2D eigenvalue weighted by atomic mass is 10.1. The summed E-state index contributed by atoms with van der Waals surface area (Å²) in [4.78, 5) is 23.9. The van der Waals surface area contributed by atoms with Crippen LogP contribution in [0.4, 0.5) is 4.79 Å². The molecule has 0 unspecified atom stereocenters. The molecule has 5 nitrogen and oxygen atoms in total. The number of carbonyl (C=O) groups excluding carboxylic acids is 2. The summed E-state index contributed by atoms with van der Waals surface area (Å²) in [6.45, 7) is 8.47. The summed E-state index contributed by atoms with van der Waals surface area (Å²) in [5, 5.41) is 2.60. The van der Waals surface area contributed by atoms with Gasteiger partial charge in [-0.1, -0.05) is 90.6 Å². The molecule has 0 aromatic carbocycles. The van der Waals surface area contributed by atoms with Gasteiger partial charge in [0.1, 0.15) is 6.04 Å². The Balaban J connectivity index is 3.71. The summed E-state index contributed by atoms with van der Waals surface area (Å²) in [6.07, 6.45) is 16.9. The molecular weight excluding hydrogens is 354 g/mol. The highest BCUT2D eigenvalue weighted by Crippen LogP contribution is 2.11. The first kappa shape index (κ1) is 26.5. The fourth-order valence-corrected chi connectivity index (χ4v) is 3.00. The Hall–Kier alpha value is -1.52. The number of nitrogens with one attached hydrogen (secondary N) is 1. The number of hydrogen-bond donors (Lipinski definition) is 1. The minimum absolute atomic E-state index is 0.266. The Morgan fingerprint density at radius 2 is 1.39 bits per heavy atom. The molecule has 0 fully saturated rings. The van der Waals surface area contributed by atoms with Crippen molar-refractivity contribution in [3.63, 3.8) is 0 Å². The van der Waals surface area contributed by atoms with Crippen molar-refractivity contribution in [2.24, 2.45) is 0 Å². The summed E-state index contributed by atoms with van der Waals surface area (Å²) in [5.74, 6) is -0.366. The number of ether oxygens (including phenoxy) is 2. The molecule has 0 aliphatic rings. The third kappa shape index (κ3) is 16.6. The van der Waals surface area contributed by atoms with Crippen molar-refractivity contribution in [3.05, 3.63) is 12.7 Å². The zero-order chi connectivity index (χ0) is 20.9. The van der Waals surface area contributed by atoms with Crippen LogP contribution in [0.25, 0.3) is 0 Å². The number of esters is 1. The van der Waals surface area contributed by atoms with Crippen LogP contribution in [0.5, 0.6) is 0 Å². The standard InChI is InChI=1S/C23H43NO4/c1-4-7-9-10-11-12-13-14-15-16-17-20-27-22(25)21(18-6-3)24-23(26)28-19-8-5-2/h5,21H,2,4,6-20H2,1,3H3,(H,24,26)/t21-/m0/s1. The van der Waals surface area contributed by atoms with E-state index in [2.05, 4.69) is 18.8 Å². The normalized spacial score (nSPS) is 11.6. The summed E-state index contributed by atoms with van der Waals surface area (Å²) < 4.78 is 10.3. The second-order valence-electron chi connectivity index (χ2n) is 7.40. The van der Waals surface area contributed by atoms with Gasteiger partial charge in [0.05, 0.1) is 13.2 Å². The molecule has 1 N–H and O–H groups in total. The van der Waals surface area contributed by atoms with Crippen LogP contribution in [0.3, 0.4) is 0 Å². The van der Waals surface area contributed by atoms with Gasteiger partial charge < -0.3 is 14.8 Å². The van der Waals surface area contributed by atoms with Crippen LogP contribution < -0.4 is 5.32 Å². The van der Waals surface area contributed by atoms with E-state index in [9.17, 15) is 9.59 Å². The quantitative estimate of drug-likeness (QED) is 0.157. The number of alkyl carbamates (subject to hydrolysis) is 1. The molecule has 1 amide bonds. The Bertz CT molecular complexity index is 398.